The molecule has 3 aromatic rings. The van der Waals surface area contributed by atoms with Crippen LogP contribution in [0.1, 0.15) is 5.56 Å². The maximum atomic E-state index is 7.41. The van der Waals surface area contributed by atoms with Gasteiger partial charge in [-0.15, -0.1) is 24.8 Å². The second-order valence-corrected chi connectivity index (χ2v) is 3.92. The van der Waals surface area contributed by atoms with Crippen LogP contribution in [-0.4, -0.2) is 20.4 Å². The molecule has 0 saturated carbocycles. The van der Waals surface area contributed by atoms with Gasteiger partial charge in [0.1, 0.15) is 18.0 Å². The summed E-state index contributed by atoms with van der Waals surface area (Å²) in [6.45, 7) is 0. The van der Waals surface area contributed by atoms with E-state index in [2.05, 4.69) is 9.97 Å². The smallest absolute Gasteiger partial charge is 0.138 e. The van der Waals surface area contributed by atoms with Crippen molar-refractivity contribution < 1.29 is 0 Å². The first-order valence-corrected chi connectivity index (χ1v) is 5.48. The molecule has 2 heterocycles. The van der Waals surface area contributed by atoms with Gasteiger partial charge in [-0.05, 0) is 30.3 Å². The molecule has 0 atom stereocenters. The summed E-state index contributed by atoms with van der Waals surface area (Å²) in [7, 11) is 0. The number of imidazole rings is 1. The van der Waals surface area contributed by atoms with Crippen molar-refractivity contribution in [1.82, 2.24) is 14.5 Å². The molecule has 2 aromatic heterocycles. The molecule has 0 radical (unpaired) electrons. The maximum Gasteiger partial charge on any atom is 0.138 e. The number of rotatable bonds is 2. The summed E-state index contributed by atoms with van der Waals surface area (Å²) in [5.41, 5.74) is 7.88. The van der Waals surface area contributed by atoms with Gasteiger partial charge >= 0.3 is 0 Å². The average molecular weight is 310 g/mol. The van der Waals surface area contributed by atoms with E-state index in [1.54, 1.807) is 18.6 Å². The summed E-state index contributed by atoms with van der Waals surface area (Å²) in [6, 6.07) is 11.2. The van der Waals surface area contributed by atoms with Crippen LogP contribution in [0.3, 0.4) is 0 Å². The fourth-order valence-electron chi connectivity index (χ4n) is 1.86. The molecule has 0 spiro atoms. The van der Waals surface area contributed by atoms with Crippen molar-refractivity contribution in [3.8, 4) is 5.82 Å². The van der Waals surface area contributed by atoms with Crippen LogP contribution >= 0.6 is 24.8 Å². The predicted molar refractivity (Wildman–Crippen MR) is 84.4 cm³/mol. The molecular weight excluding hydrogens is 297 g/mol. The van der Waals surface area contributed by atoms with E-state index in [4.69, 9.17) is 11.1 Å². The van der Waals surface area contributed by atoms with Gasteiger partial charge in [0.15, 0.2) is 0 Å². The average Bonchev–Trinajstić information content (AvgIpc) is 2.82. The molecule has 3 N–H and O–H groups in total. The Labute approximate surface area is 128 Å². The number of aromatic nitrogens is 3. The van der Waals surface area contributed by atoms with Crippen molar-refractivity contribution in [2.45, 2.75) is 0 Å². The minimum atomic E-state index is 0. The zero-order chi connectivity index (χ0) is 12.5. The standard InChI is InChI=1S/C13H11N5.2ClH/c14-13(15)9-4-5-11-10(7-9)17-8-18(11)12-3-1-2-6-16-12;;/h1-8H,(H3,14,15);2*1H. The largest absolute Gasteiger partial charge is 0.384 e. The monoisotopic (exact) mass is 309 g/mol. The highest BCUT2D eigenvalue weighted by molar-refractivity contribution is 5.98. The van der Waals surface area contributed by atoms with Crippen LogP contribution in [0.25, 0.3) is 16.9 Å². The number of pyridine rings is 1. The summed E-state index contributed by atoms with van der Waals surface area (Å²) < 4.78 is 1.90. The van der Waals surface area contributed by atoms with Gasteiger partial charge in [0.25, 0.3) is 0 Å². The molecule has 0 aliphatic rings. The van der Waals surface area contributed by atoms with Crippen molar-refractivity contribution in [3.05, 3.63) is 54.5 Å². The second-order valence-electron chi connectivity index (χ2n) is 3.92. The van der Waals surface area contributed by atoms with Gasteiger partial charge in [-0.25, -0.2) is 9.97 Å². The zero-order valence-corrected chi connectivity index (χ0v) is 12.0. The Morgan fingerprint density at radius 1 is 1.10 bits per heavy atom. The summed E-state index contributed by atoms with van der Waals surface area (Å²) in [4.78, 5) is 8.59. The fraction of sp³-hybridized carbons (Fsp3) is 0. The lowest BCUT2D eigenvalue weighted by Gasteiger charge is -2.03. The predicted octanol–water partition coefficient (Wildman–Crippen LogP) is 2.55. The maximum absolute atomic E-state index is 7.41. The van der Waals surface area contributed by atoms with Crippen molar-refractivity contribution in [2.24, 2.45) is 5.73 Å². The van der Waals surface area contributed by atoms with E-state index in [0.717, 1.165) is 16.9 Å². The normalized spacial score (nSPS) is 9.60. The van der Waals surface area contributed by atoms with E-state index >= 15 is 0 Å². The highest BCUT2D eigenvalue weighted by Crippen LogP contribution is 2.17. The van der Waals surface area contributed by atoms with Gasteiger partial charge in [0.05, 0.1) is 11.0 Å². The van der Waals surface area contributed by atoms with Crippen LogP contribution in [0.5, 0.6) is 0 Å². The summed E-state index contributed by atoms with van der Waals surface area (Å²) >= 11 is 0. The van der Waals surface area contributed by atoms with Gasteiger partial charge in [-0.2, -0.15) is 0 Å². The lowest BCUT2D eigenvalue weighted by atomic mass is 10.2. The molecule has 20 heavy (non-hydrogen) atoms. The summed E-state index contributed by atoms with van der Waals surface area (Å²) in [6.07, 6.45) is 3.46. The van der Waals surface area contributed by atoms with Gasteiger partial charge in [0, 0.05) is 11.8 Å². The number of benzene rings is 1. The first-order chi connectivity index (χ1) is 8.75. The molecule has 0 saturated heterocycles. The van der Waals surface area contributed by atoms with Crippen molar-refractivity contribution in [1.29, 1.82) is 5.41 Å². The van der Waals surface area contributed by atoms with E-state index in [0.29, 0.717) is 5.56 Å². The number of hydrogen-bond acceptors (Lipinski definition) is 3. The Balaban J connectivity index is 0.000001000. The van der Waals surface area contributed by atoms with Crippen LogP contribution in [0.2, 0.25) is 0 Å². The Bertz CT molecular complexity index is 724. The number of nitrogens with one attached hydrogen (secondary N) is 1. The van der Waals surface area contributed by atoms with Gasteiger partial charge in [-0.3, -0.25) is 9.98 Å². The quantitative estimate of drug-likeness (QED) is 0.564. The molecule has 3 rings (SSSR count). The number of nitrogens with zero attached hydrogens (tertiary/aromatic N) is 3. The minimum absolute atomic E-state index is 0. The van der Waals surface area contributed by atoms with Crippen LogP contribution in [0.15, 0.2) is 48.9 Å². The van der Waals surface area contributed by atoms with Gasteiger partial charge in [-0.1, -0.05) is 6.07 Å². The molecule has 0 bridgehead atoms. The molecule has 104 valence electrons. The lowest BCUT2D eigenvalue weighted by Crippen LogP contribution is -2.10. The van der Waals surface area contributed by atoms with Crippen LogP contribution < -0.4 is 5.73 Å². The molecule has 0 fully saturated rings. The fourth-order valence-corrected chi connectivity index (χ4v) is 1.86. The summed E-state index contributed by atoms with van der Waals surface area (Å²) in [5.74, 6) is 0.861. The Morgan fingerprint density at radius 3 is 2.55 bits per heavy atom. The second kappa shape index (κ2) is 6.36. The van der Waals surface area contributed by atoms with E-state index < -0.39 is 0 Å². The van der Waals surface area contributed by atoms with E-state index in [9.17, 15) is 0 Å². The number of nitrogen functional groups attached to an aromatic ring is 1. The van der Waals surface area contributed by atoms with E-state index in [1.165, 1.54) is 0 Å². The van der Waals surface area contributed by atoms with Crippen LogP contribution in [0.4, 0.5) is 0 Å². The molecule has 0 aliphatic carbocycles. The minimum Gasteiger partial charge on any atom is -0.384 e. The molecule has 7 heteroatoms. The number of amidine groups is 1. The number of hydrogen-bond donors (Lipinski definition) is 2. The molecule has 0 amide bonds. The number of halogens is 2. The lowest BCUT2D eigenvalue weighted by molar-refractivity contribution is 1.02. The topological polar surface area (TPSA) is 80.6 Å². The number of fused-ring (bicyclic) bond motifs is 1. The van der Waals surface area contributed by atoms with Gasteiger partial charge < -0.3 is 5.73 Å². The van der Waals surface area contributed by atoms with Crippen LogP contribution in [-0.2, 0) is 0 Å². The van der Waals surface area contributed by atoms with Crippen molar-refractivity contribution in [2.75, 3.05) is 0 Å². The first-order valence-electron chi connectivity index (χ1n) is 5.48. The Morgan fingerprint density at radius 2 is 1.90 bits per heavy atom. The Hall–Kier alpha value is -2.11. The Kier molecular flexibility index (Phi) is 5.07. The van der Waals surface area contributed by atoms with Gasteiger partial charge in [0.2, 0.25) is 0 Å². The third kappa shape index (κ3) is 2.74. The SMILES string of the molecule is Cl.Cl.N=C(N)c1ccc2c(c1)ncn2-c1ccccn1. The molecular formula is C13H13Cl2N5. The van der Waals surface area contributed by atoms with Crippen molar-refractivity contribution in [3.63, 3.8) is 0 Å². The highest BCUT2D eigenvalue weighted by atomic mass is 35.5. The third-order valence-electron chi connectivity index (χ3n) is 2.75. The highest BCUT2D eigenvalue weighted by Gasteiger charge is 2.06. The molecule has 0 aliphatic heterocycles. The first kappa shape index (κ1) is 15.9. The molecule has 5 nitrogen and oxygen atoms in total. The third-order valence-corrected chi connectivity index (χ3v) is 2.75. The summed E-state index contributed by atoms with van der Waals surface area (Å²) in [5, 5.41) is 7.41. The zero-order valence-electron chi connectivity index (χ0n) is 10.4. The van der Waals surface area contributed by atoms with Crippen LogP contribution in [0, 0.1) is 5.41 Å². The van der Waals surface area contributed by atoms with E-state index in [-0.39, 0.29) is 30.6 Å². The molecule has 0 unspecified atom stereocenters. The number of nitrogens with two attached hydrogens (primary N) is 1. The van der Waals surface area contributed by atoms with Crippen molar-refractivity contribution >= 4 is 41.7 Å². The molecule has 1 aromatic carbocycles. The van der Waals surface area contributed by atoms with E-state index in [1.807, 2.05) is 34.9 Å².